The van der Waals surface area contributed by atoms with Crippen LogP contribution in [0.5, 0.6) is 0 Å². The minimum absolute atomic E-state index is 0.0115. The molecule has 6 nitrogen and oxygen atoms in total. The lowest BCUT2D eigenvalue weighted by molar-refractivity contribution is 0.0401. The van der Waals surface area contributed by atoms with Crippen LogP contribution in [0.4, 0.5) is 0 Å². The zero-order valence-electron chi connectivity index (χ0n) is 14.4. The molecule has 0 aromatic carbocycles. The van der Waals surface area contributed by atoms with Gasteiger partial charge in [-0.2, -0.15) is 5.10 Å². The molecule has 2 fully saturated rings. The van der Waals surface area contributed by atoms with Crippen LogP contribution in [0.25, 0.3) is 0 Å². The maximum absolute atomic E-state index is 12.5. The predicted octanol–water partition coefficient (Wildman–Crippen LogP) is 1.29. The second-order valence-corrected chi connectivity index (χ2v) is 7.19. The van der Waals surface area contributed by atoms with E-state index >= 15 is 0 Å². The van der Waals surface area contributed by atoms with Crippen molar-refractivity contribution in [3.05, 3.63) is 18.0 Å². The Kier molecular flexibility index (Phi) is 5.02. The molecule has 1 aromatic heterocycles. The Bertz CT molecular complexity index is 536. The second kappa shape index (κ2) is 7.01. The molecule has 2 unspecified atom stereocenters. The van der Waals surface area contributed by atoms with Gasteiger partial charge in [0.2, 0.25) is 0 Å². The lowest BCUT2D eigenvalue weighted by Gasteiger charge is -2.31. The molecular weight excluding hydrogens is 292 g/mol. The van der Waals surface area contributed by atoms with E-state index in [-0.39, 0.29) is 11.9 Å². The van der Waals surface area contributed by atoms with Gasteiger partial charge in [-0.1, -0.05) is 13.8 Å². The van der Waals surface area contributed by atoms with Crippen LogP contribution < -0.4 is 5.32 Å². The quantitative estimate of drug-likeness (QED) is 0.908. The van der Waals surface area contributed by atoms with Crippen LogP contribution in [0.1, 0.15) is 37.0 Å². The molecule has 2 saturated heterocycles. The Labute approximate surface area is 138 Å². The molecule has 0 saturated carbocycles. The third kappa shape index (κ3) is 3.75. The van der Waals surface area contributed by atoms with Crippen LogP contribution in [-0.4, -0.2) is 59.0 Å². The highest BCUT2D eigenvalue weighted by Crippen LogP contribution is 2.28. The first-order valence-electron chi connectivity index (χ1n) is 8.66. The summed E-state index contributed by atoms with van der Waals surface area (Å²) in [6.45, 7) is 8.24. The van der Waals surface area contributed by atoms with Crippen molar-refractivity contribution in [3.8, 4) is 0 Å². The molecule has 1 aromatic rings. The molecule has 3 rings (SSSR count). The Morgan fingerprint density at radius 3 is 2.70 bits per heavy atom. The van der Waals surface area contributed by atoms with Crippen molar-refractivity contribution in [1.29, 1.82) is 0 Å². The molecule has 23 heavy (non-hydrogen) atoms. The summed E-state index contributed by atoms with van der Waals surface area (Å²) >= 11 is 0. The normalized spacial score (nSPS) is 26.8. The first-order chi connectivity index (χ1) is 11.0. The van der Waals surface area contributed by atoms with Crippen molar-refractivity contribution in [2.45, 2.75) is 38.8 Å². The molecule has 1 N–H and O–H groups in total. The van der Waals surface area contributed by atoms with Crippen LogP contribution in [-0.2, 0) is 11.8 Å². The fraction of sp³-hybridized carbons (Fsp3) is 0.765. The van der Waals surface area contributed by atoms with E-state index in [0.717, 1.165) is 39.1 Å². The highest BCUT2D eigenvalue weighted by atomic mass is 16.5. The first kappa shape index (κ1) is 16.5. The predicted molar refractivity (Wildman–Crippen MR) is 88.2 cm³/mol. The summed E-state index contributed by atoms with van der Waals surface area (Å²) in [5.41, 5.74) is 0.638. The summed E-state index contributed by atoms with van der Waals surface area (Å²) in [4.78, 5) is 15.0. The van der Waals surface area contributed by atoms with Crippen LogP contribution in [0.15, 0.2) is 12.4 Å². The van der Waals surface area contributed by atoms with Gasteiger partial charge in [-0.3, -0.25) is 14.4 Å². The van der Waals surface area contributed by atoms with Crippen molar-refractivity contribution in [2.24, 2.45) is 18.9 Å². The van der Waals surface area contributed by atoms with Gasteiger partial charge >= 0.3 is 0 Å². The van der Waals surface area contributed by atoms with Crippen molar-refractivity contribution in [3.63, 3.8) is 0 Å². The van der Waals surface area contributed by atoms with E-state index in [4.69, 9.17) is 4.74 Å². The maximum Gasteiger partial charge on any atom is 0.254 e. The van der Waals surface area contributed by atoms with Gasteiger partial charge in [0.1, 0.15) is 0 Å². The Morgan fingerprint density at radius 1 is 1.35 bits per heavy atom. The number of rotatable bonds is 4. The average molecular weight is 320 g/mol. The summed E-state index contributed by atoms with van der Waals surface area (Å²) in [5.74, 6) is 1.04. The minimum Gasteiger partial charge on any atom is -0.381 e. The summed E-state index contributed by atoms with van der Waals surface area (Å²) in [6, 6.07) is 0.816. The molecule has 2 atom stereocenters. The summed E-state index contributed by atoms with van der Waals surface area (Å²) in [5, 5.41) is 7.33. The maximum atomic E-state index is 12.5. The van der Waals surface area contributed by atoms with Crippen LogP contribution in [0, 0.1) is 11.8 Å². The van der Waals surface area contributed by atoms with Crippen LogP contribution in [0.2, 0.25) is 0 Å². The van der Waals surface area contributed by atoms with Crippen LogP contribution >= 0.6 is 0 Å². The fourth-order valence-electron chi connectivity index (χ4n) is 3.83. The van der Waals surface area contributed by atoms with E-state index in [0.29, 0.717) is 23.4 Å². The van der Waals surface area contributed by atoms with Crippen LogP contribution in [0.3, 0.4) is 0 Å². The number of likely N-dealkylation sites (tertiary alicyclic amines) is 1. The third-order valence-electron chi connectivity index (χ3n) is 5.24. The average Bonchev–Trinajstić information content (AvgIpc) is 3.15. The lowest BCUT2D eigenvalue weighted by Crippen LogP contribution is -2.43. The SMILES string of the molecule is CC(C)C1CN(C2CCOCC2)CC1NC(=O)c1cnn(C)c1. The number of nitrogens with zero attached hydrogens (tertiary/aromatic N) is 3. The summed E-state index contributed by atoms with van der Waals surface area (Å²) in [6.07, 6.45) is 5.61. The second-order valence-electron chi connectivity index (χ2n) is 7.19. The van der Waals surface area contributed by atoms with E-state index < -0.39 is 0 Å². The number of carbonyl (C=O) groups excluding carboxylic acids is 1. The highest BCUT2D eigenvalue weighted by molar-refractivity contribution is 5.93. The smallest absolute Gasteiger partial charge is 0.254 e. The molecule has 1 amide bonds. The van der Waals surface area contributed by atoms with Crippen molar-refractivity contribution in [2.75, 3.05) is 26.3 Å². The number of amides is 1. The van der Waals surface area contributed by atoms with E-state index in [1.165, 1.54) is 0 Å². The fourth-order valence-corrected chi connectivity index (χ4v) is 3.83. The Balaban J connectivity index is 1.65. The van der Waals surface area contributed by atoms with Gasteiger partial charge in [-0.05, 0) is 24.7 Å². The van der Waals surface area contributed by atoms with Crippen molar-refractivity contribution >= 4 is 5.91 Å². The van der Waals surface area contributed by atoms with E-state index in [1.807, 2.05) is 7.05 Å². The highest BCUT2D eigenvalue weighted by Gasteiger charge is 2.38. The third-order valence-corrected chi connectivity index (χ3v) is 5.24. The number of nitrogens with one attached hydrogen (secondary N) is 1. The summed E-state index contributed by atoms with van der Waals surface area (Å²) < 4.78 is 7.14. The van der Waals surface area contributed by atoms with Gasteiger partial charge in [0.05, 0.1) is 11.8 Å². The molecular formula is C17H28N4O2. The molecule has 0 radical (unpaired) electrons. The van der Waals surface area contributed by atoms with Crippen molar-refractivity contribution < 1.29 is 9.53 Å². The van der Waals surface area contributed by atoms with Crippen molar-refractivity contribution in [1.82, 2.24) is 20.0 Å². The van der Waals surface area contributed by atoms with Gasteiger partial charge in [0.25, 0.3) is 5.91 Å². The molecule has 2 aliphatic heterocycles. The first-order valence-corrected chi connectivity index (χ1v) is 8.66. The molecule has 128 valence electrons. The van der Waals surface area contributed by atoms with E-state index in [9.17, 15) is 4.79 Å². The largest absolute Gasteiger partial charge is 0.381 e. The molecule has 0 bridgehead atoms. The number of ether oxygens (including phenoxy) is 1. The number of aryl methyl sites for hydroxylation is 1. The van der Waals surface area contributed by atoms with Gasteiger partial charge < -0.3 is 10.1 Å². The summed E-state index contributed by atoms with van der Waals surface area (Å²) in [7, 11) is 1.83. The Hall–Kier alpha value is -1.40. The zero-order chi connectivity index (χ0) is 16.4. The number of aromatic nitrogens is 2. The zero-order valence-corrected chi connectivity index (χ0v) is 14.4. The standard InChI is InChI=1S/C17H28N4O2/c1-12(2)15-10-21(14-4-6-23-7-5-14)11-16(15)19-17(22)13-8-18-20(3)9-13/h8-9,12,14-16H,4-7,10-11H2,1-3H3,(H,19,22). The van der Waals surface area contributed by atoms with Gasteiger partial charge in [-0.15, -0.1) is 0 Å². The van der Waals surface area contributed by atoms with Gasteiger partial charge in [0, 0.05) is 51.6 Å². The molecule has 0 aliphatic carbocycles. The van der Waals surface area contributed by atoms with Gasteiger partial charge in [-0.25, -0.2) is 0 Å². The minimum atomic E-state index is -0.0115. The molecule has 6 heteroatoms. The molecule has 0 spiro atoms. The Morgan fingerprint density at radius 2 is 2.09 bits per heavy atom. The lowest BCUT2D eigenvalue weighted by atomic mass is 9.91. The van der Waals surface area contributed by atoms with Gasteiger partial charge in [0.15, 0.2) is 0 Å². The topological polar surface area (TPSA) is 59.4 Å². The molecule has 2 aliphatic rings. The van der Waals surface area contributed by atoms with E-state index in [2.05, 4.69) is 29.2 Å². The number of hydrogen-bond donors (Lipinski definition) is 1. The monoisotopic (exact) mass is 320 g/mol. The number of hydrogen-bond acceptors (Lipinski definition) is 4. The number of carbonyl (C=O) groups is 1. The molecule has 3 heterocycles. The van der Waals surface area contributed by atoms with E-state index in [1.54, 1.807) is 17.1 Å².